The molecule has 0 unspecified atom stereocenters. The molecule has 2 aromatic carbocycles. The monoisotopic (exact) mass is 383 g/mol. The number of para-hydroxylation sites is 1. The Labute approximate surface area is 161 Å². The van der Waals surface area contributed by atoms with Gasteiger partial charge in [0.25, 0.3) is 0 Å². The van der Waals surface area contributed by atoms with Crippen molar-refractivity contribution in [1.82, 2.24) is 9.97 Å². The highest BCUT2D eigenvalue weighted by atomic mass is 35.5. The molecule has 0 spiro atoms. The van der Waals surface area contributed by atoms with Crippen molar-refractivity contribution in [3.8, 4) is 0 Å². The van der Waals surface area contributed by atoms with Crippen molar-refractivity contribution in [2.75, 3.05) is 16.8 Å². The molecule has 0 atom stereocenters. The summed E-state index contributed by atoms with van der Waals surface area (Å²) in [5.41, 5.74) is 2.15. The maximum atomic E-state index is 11.8. The van der Waals surface area contributed by atoms with Crippen molar-refractivity contribution >= 4 is 40.3 Å². The highest BCUT2D eigenvalue weighted by molar-refractivity contribution is 6.31. The van der Waals surface area contributed by atoms with E-state index < -0.39 is 4.92 Å². The van der Waals surface area contributed by atoms with Crippen LogP contribution in [0.5, 0.6) is 0 Å². The van der Waals surface area contributed by atoms with Crippen LogP contribution < -0.4 is 10.2 Å². The van der Waals surface area contributed by atoms with E-state index in [0.717, 1.165) is 11.3 Å². The Balaban J connectivity index is 2.07. The first-order valence-corrected chi connectivity index (χ1v) is 8.74. The SMILES string of the molecule is CCN(c1ccccc1)c1ncnc(Nc2ccc(C)c(Cl)c2)c1[N+](=O)[O-]. The average molecular weight is 384 g/mol. The van der Waals surface area contributed by atoms with E-state index in [4.69, 9.17) is 11.6 Å². The Morgan fingerprint density at radius 2 is 1.93 bits per heavy atom. The molecule has 0 radical (unpaired) electrons. The second-order valence-electron chi connectivity index (χ2n) is 5.82. The van der Waals surface area contributed by atoms with E-state index in [9.17, 15) is 10.1 Å². The predicted octanol–water partition coefficient (Wildman–Crippen LogP) is 5.25. The Bertz CT molecular complexity index is 966. The minimum atomic E-state index is -0.473. The number of hydrogen-bond donors (Lipinski definition) is 1. The van der Waals surface area contributed by atoms with Crippen molar-refractivity contribution in [1.29, 1.82) is 0 Å². The van der Waals surface area contributed by atoms with E-state index in [1.54, 1.807) is 17.0 Å². The molecule has 1 N–H and O–H groups in total. The summed E-state index contributed by atoms with van der Waals surface area (Å²) in [5.74, 6) is 0.337. The van der Waals surface area contributed by atoms with Crippen LogP contribution in [0.2, 0.25) is 5.02 Å². The van der Waals surface area contributed by atoms with Crippen molar-refractivity contribution in [3.05, 3.63) is 75.6 Å². The molecule has 27 heavy (non-hydrogen) atoms. The van der Waals surface area contributed by atoms with E-state index in [1.165, 1.54) is 6.33 Å². The second-order valence-corrected chi connectivity index (χ2v) is 6.23. The molecular weight excluding hydrogens is 366 g/mol. The molecular formula is C19H18ClN5O2. The molecule has 0 aliphatic carbocycles. The Kier molecular flexibility index (Phi) is 5.52. The topological polar surface area (TPSA) is 84.2 Å². The van der Waals surface area contributed by atoms with Crippen LogP contribution in [0.15, 0.2) is 54.9 Å². The van der Waals surface area contributed by atoms with Crippen LogP contribution in [0.3, 0.4) is 0 Å². The summed E-state index contributed by atoms with van der Waals surface area (Å²) in [6.45, 7) is 4.31. The molecule has 0 bridgehead atoms. The van der Waals surface area contributed by atoms with Crippen molar-refractivity contribution in [2.24, 2.45) is 0 Å². The van der Waals surface area contributed by atoms with Crippen LogP contribution in [0.4, 0.5) is 28.7 Å². The smallest absolute Gasteiger partial charge is 0.334 e. The maximum absolute atomic E-state index is 11.8. The number of benzene rings is 2. The standard InChI is InChI=1S/C19H18ClN5O2/c1-3-24(15-7-5-4-6-8-15)19-17(25(26)27)18(21-12-22-19)23-14-10-9-13(2)16(20)11-14/h4-12H,3H2,1-2H3,(H,21,22,23). The quantitative estimate of drug-likeness (QED) is 0.462. The number of aromatic nitrogens is 2. The maximum Gasteiger partial charge on any atom is 0.354 e. The Hall–Kier alpha value is -3.19. The number of halogens is 1. The van der Waals surface area contributed by atoms with Crippen LogP contribution in [0.1, 0.15) is 12.5 Å². The highest BCUT2D eigenvalue weighted by Gasteiger charge is 2.27. The van der Waals surface area contributed by atoms with Gasteiger partial charge in [-0.1, -0.05) is 35.9 Å². The number of rotatable bonds is 6. The van der Waals surface area contributed by atoms with Gasteiger partial charge in [0.1, 0.15) is 6.33 Å². The van der Waals surface area contributed by atoms with Crippen LogP contribution in [0, 0.1) is 17.0 Å². The largest absolute Gasteiger partial charge is 0.354 e. The molecule has 7 nitrogen and oxygen atoms in total. The van der Waals surface area contributed by atoms with Crippen molar-refractivity contribution in [2.45, 2.75) is 13.8 Å². The molecule has 0 saturated carbocycles. The minimum absolute atomic E-state index is 0.110. The number of anilines is 4. The lowest BCUT2D eigenvalue weighted by Gasteiger charge is -2.22. The van der Waals surface area contributed by atoms with E-state index in [0.29, 0.717) is 17.3 Å². The summed E-state index contributed by atoms with van der Waals surface area (Å²) in [4.78, 5) is 21.4. The zero-order valence-corrected chi connectivity index (χ0v) is 15.6. The van der Waals surface area contributed by atoms with Crippen LogP contribution in [-0.2, 0) is 0 Å². The summed E-state index contributed by atoms with van der Waals surface area (Å²) >= 11 is 6.15. The lowest BCUT2D eigenvalue weighted by molar-refractivity contribution is -0.383. The van der Waals surface area contributed by atoms with E-state index in [1.807, 2.05) is 50.2 Å². The molecule has 1 aromatic heterocycles. The van der Waals surface area contributed by atoms with Crippen LogP contribution >= 0.6 is 11.6 Å². The van der Waals surface area contributed by atoms with Gasteiger partial charge >= 0.3 is 5.69 Å². The van der Waals surface area contributed by atoms with Gasteiger partial charge in [-0.05, 0) is 43.7 Å². The molecule has 1 heterocycles. The summed E-state index contributed by atoms with van der Waals surface area (Å²) < 4.78 is 0. The number of aryl methyl sites for hydroxylation is 1. The molecule has 8 heteroatoms. The van der Waals surface area contributed by atoms with Gasteiger partial charge < -0.3 is 10.2 Å². The third-order valence-electron chi connectivity index (χ3n) is 4.06. The predicted molar refractivity (Wildman–Crippen MR) is 107 cm³/mol. The highest BCUT2D eigenvalue weighted by Crippen LogP contribution is 2.37. The van der Waals surface area contributed by atoms with Crippen molar-refractivity contribution in [3.63, 3.8) is 0 Å². The summed E-state index contributed by atoms with van der Waals surface area (Å²) in [6, 6.07) is 14.7. The first kappa shape index (κ1) is 18.6. The fourth-order valence-corrected chi connectivity index (χ4v) is 2.88. The van der Waals surface area contributed by atoms with E-state index in [2.05, 4.69) is 15.3 Å². The van der Waals surface area contributed by atoms with Crippen LogP contribution in [-0.4, -0.2) is 21.4 Å². The fraction of sp³-hybridized carbons (Fsp3) is 0.158. The van der Waals surface area contributed by atoms with E-state index in [-0.39, 0.29) is 17.3 Å². The Morgan fingerprint density at radius 3 is 2.56 bits per heavy atom. The van der Waals surface area contributed by atoms with Gasteiger partial charge in [0.2, 0.25) is 11.6 Å². The van der Waals surface area contributed by atoms with Crippen LogP contribution in [0.25, 0.3) is 0 Å². The number of nitrogens with one attached hydrogen (secondary N) is 1. The molecule has 0 aliphatic rings. The zero-order valence-electron chi connectivity index (χ0n) is 14.9. The third kappa shape index (κ3) is 3.98. The Morgan fingerprint density at radius 1 is 1.19 bits per heavy atom. The van der Waals surface area contributed by atoms with Crippen molar-refractivity contribution < 1.29 is 4.92 Å². The van der Waals surface area contributed by atoms with Gasteiger partial charge in [0.05, 0.1) is 4.92 Å². The molecule has 0 amide bonds. The van der Waals surface area contributed by atoms with Gasteiger partial charge in [-0.15, -0.1) is 0 Å². The molecule has 0 aliphatic heterocycles. The lowest BCUT2D eigenvalue weighted by atomic mass is 10.2. The van der Waals surface area contributed by atoms with Gasteiger partial charge in [-0.3, -0.25) is 10.1 Å². The number of nitrogens with zero attached hydrogens (tertiary/aromatic N) is 4. The second kappa shape index (κ2) is 8.01. The summed E-state index contributed by atoms with van der Waals surface area (Å²) in [7, 11) is 0. The average Bonchev–Trinajstić information content (AvgIpc) is 2.66. The van der Waals surface area contributed by atoms with Gasteiger partial charge in [0, 0.05) is 22.9 Å². The summed E-state index contributed by atoms with van der Waals surface area (Å²) in [5, 5.41) is 15.4. The van der Waals surface area contributed by atoms with Gasteiger partial charge in [0.15, 0.2) is 0 Å². The molecule has 3 aromatic rings. The third-order valence-corrected chi connectivity index (χ3v) is 4.47. The first-order chi connectivity index (χ1) is 13.0. The molecule has 138 valence electrons. The lowest BCUT2D eigenvalue weighted by Crippen LogP contribution is -2.19. The van der Waals surface area contributed by atoms with Gasteiger partial charge in [-0.25, -0.2) is 9.97 Å². The van der Waals surface area contributed by atoms with Gasteiger partial charge in [-0.2, -0.15) is 0 Å². The minimum Gasteiger partial charge on any atom is -0.334 e. The fourth-order valence-electron chi connectivity index (χ4n) is 2.70. The molecule has 0 saturated heterocycles. The first-order valence-electron chi connectivity index (χ1n) is 8.36. The molecule has 0 fully saturated rings. The summed E-state index contributed by atoms with van der Waals surface area (Å²) in [6.07, 6.45) is 1.31. The number of nitro groups is 1. The molecule has 3 rings (SSSR count). The zero-order chi connectivity index (χ0) is 19.4. The van der Waals surface area contributed by atoms with E-state index >= 15 is 0 Å². The normalized spacial score (nSPS) is 10.5. The number of hydrogen-bond acceptors (Lipinski definition) is 6.